The molecule has 0 fully saturated rings. The van der Waals surface area contributed by atoms with Crippen molar-refractivity contribution in [3.05, 3.63) is 0 Å². The van der Waals surface area contributed by atoms with E-state index in [1.54, 1.807) is 0 Å². The fourth-order valence-corrected chi connectivity index (χ4v) is 4.52. The molecule has 0 N–H and O–H groups in total. The van der Waals surface area contributed by atoms with Gasteiger partial charge in [0.05, 0.1) is 6.54 Å². The van der Waals surface area contributed by atoms with Gasteiger partial charge in [0.1, 0.15) is 13.2 Å². The highest BCUT2D eigenvalue weighted by molar-refractivity contribution is 7.88. The molecule has 0 saturated carbocycles. The van der Waals surface area contributed by atoms with Gasteiger partial charge in [0.2, 0.25) is 16.0 Å². The Labute approximate surface area is 318 Å². The number of hydrogen-bond donors (Lipinski definition) is 0. The van der Waals surface area contributed by atoms with Gasteiger partial charge in [-0.05, 0) is 12.8 Å². The number of carbonyl (C=O) groups is 2. The number of sulfonamides is 1. The number of unbranched alkanes of at least 4 members (excludes halogenated alkanes) is 13. The van der Waals surface area contributed by atoms with Crippen molar-refractivity contribution in [2.75, 3.05) is 53.1 Å². The second-order valence-electron chi connectivity index (χ2n) is 10.9. The molecule has 0 aromatic heterocycles. The number of ether oxygens (including phenoxy) is 2. The van der Waals surface area contributed by atoms with Gasteiger partial charge < -0.3 is 9.47 Å². The monoisotopic (exact) mass is 860 g/mol. The lowest BCUT2D eigenvalue weighted by Crippen LogP contribution is -2.31. The summed E-state index contributed by atoms with van der Waals surface area (Å²) >= 11 is 0. The molecule has 0 saturated heterocycles. The number of alkyl halides is 9. The summed E-state index contributed by atoms with van der Waals surface area (Å²) in [4.78, 5) is 23.3. The minimum atomic E-state index is -5.50. The molecule has 0 aliphatic carbocycles. The molecule has 0 aliphatic heterocycles. The minimum Gasteiger partial charge on any atom is -0.464 e. The molecule has 0 spiro atoms. The number of halogens is 10. The Hall–Kier alpha value is -1.94. The number of hydrogen-bond acceptors (Lipinski definition) is 8. The van der Waals surface area contributed by atoms with E-state index < -0.39 is 51.7 Å². The quantitative estimate of drug-likeness (QED) is 0.0364. The predicted molar refractivity (Wildman–Crippen MR) is 192 cm³/mol. The van der Waals surface area contributed by atoms with E-state index in [-0.39, 0.29) is 68.4 Å². The SMILES string of the molecule is C.C.C.C.CN(CCOC(=O)CCCCCCCCCCCCCCCCC(=O)OCCN(C)S(=O)(=O)CF)S(=O)(=O)F.FC(F)(F)F.FCC(F)(F)F. The van der Waals surface area contributed by atoms with Crippen LogP contribution in [-0.2, 0) is 39.5 Å². The van der Waals surface area contributed by atoms with Crippen LogP contribution in [0.1, 0.15) is 132 Å². The van der Waals surface area contributed by atoms with Crippen LogP contribution in [-0.4, -0.2) is 103 Å². The second-order valence-corrected chi connectivity index (χ2v) is 14.3. The van der Waals surface area contributed by atoms with Gasteiger partial charge in [-0.15, -0.1) is 17.6 Å². The van der Waals surface area contributed by atoms with Crippen molar-refractivity contribution < 1.29 is 79.3 Å². The lowest BCUT2D eigenvalue weighted by atomic mass is 10.0. The van der Waals surface area contributed by atoms with Crippen LogP contribution < -0.4 is 0 Å². The van der Waals surface area contributed by atoms with E-state index in [2.05, 4.69) is 0 Å². The van der Waals surface area contributed by atoms with Gasteiger partial charge in [0.15, 0.2) is 6.67 Å². The van der Waals surface area contributed by atoms with Crippen LogP contribution >= 0.6 is 0 Å². The molecule has 0 unspecified atom stereocenters. The molecule has 0 amide bonds. The average molecular weight is 861 g/mol. The minimum absolute atomic E-state index is 0. The first-order valence-electron chi connectivity index (χ1n) is 15.8. The largest absolute Gasteiger partial charge is 0.559 e. The van der Waals surface area contributed by atoms with E-state index in [9.17, 15) is 69.8 Å². The molecular formula is C32H66F10N2O8S2. The van der Waals surface area contributed by atoms with Gasteiger partial charge in [0, 0.05) is 33.5 Å². The third kappa shape index (κ3) is 54.4. The molecule has 54 heavy (non-hydrogen) atoms. The zero-order valence-electron chi connectivity index (χ0n) is 28.3. The van der Waals surface area contributed by atoms with Crippen molar-refractivity contribution in [3.8, 4) is 0 Å². The summed E-state index contributed by atoms with van der Waals surface area (Å²) in [7, 11) is -6.32. The van der Waals surface area contributed by atoms with E-state index in [0.717, 1.165) is 62.7 Å². The molecule has 0 aromatic rings. The molecule has 10 nitrogen and oxygen atoms in total. The van der Waals surface area contributed by atoms with Gasteiger partial charge >= 0.3 is 35.0 Å². The van der Waals surface area contributed by atoms with Gasteiger partial charge in [-0.2, -0.15) is 30.2 Å². The van der Waals surface area contributed by atoms with Gasteiger partial charge in [-0.3, -0.25) is 9.59 Å². The summed E-state index contributed by atoms with van der Waals surface area (Å²) in [5.74, 6) is -0.756. The smallest absolute Gasteiger partial charge is 0.464 e. The molecule has 0 aromatic carbocycles. The number of nitrogens with zero attached hydrogens (tertiary/aromatic N) is 2. The highest BCUT2D eigenvalue weighted by Crippen LogP contribution is 2.15. The third-order valence-corrected chi connectivity index (χ3v) is 8.82. The van der Waals surface area contributed by atoms with Crippen molar-refractivity contribution in [3.63, 3.8) is 0 Å². The lowest BCUT2D eigenvalue weighted by Gasteiger charge is -2.14. The van der Waals surface area contributed by atoms with Crippen molar-refractivity contribution in [1.82, 2.24) is 8.61 Å². The summed E-state index contributed by atoms with van der Waals surface area (Å²) in [5.41, 5.74) is 0. The maximum atomic E-state index is 12.6. The topological polar surface area (TPSA) is 127 Å². The molecule has 0 bridgehead atoms. The molecule has 0 radical (unpaired) electrons. The standard InChI is InChI=1S/C25H48F2N2O8S2.C2H2F4.CF4.4CH4/c1-28(38(32,33)23-26)19-21-36-24(30)17-15-13-11-9-7-5-3-4-6-8-10-12-14-16-18-25(31)37-22-20-29(2)39(27,34)35;3-1-2(4,5)6;2-1(3,4)5;;;;/h3-23H2,1-2H3;1H2;;4*1H4. The second kappa shape index (κ2) is 38.0. The molecule has 0 rings (SSSR count). The van der Waals surface area contributed by atoms with Crippen LogP contribution in [0.5, 0.6) is 0 Å². The molecule has 334 valence electrons. The summed E-state index contributed by atoms with van der Waals surface area (Å²) < 4.78 is 160. The third-order valence-electron chi connectivity index (χ3n) is 6.49. The van der Waals surface area contributed by atoms with Gasteiger partial charge in [-0.1, -0.05) is 111 Å². The Balaban J connectivity index is -0.000000256. The molecule has 0 aliphatic rings. The van der Waals surface area contributed by atoms with Crippen LogP contribution in [0.25, 0.3) is 0 Å². The zero-order valence-corrected chi connectivity index (χ0v) is 29.9. The molecule has 0 heterocycles. The summed E-state index contributed by atoms with van der Waals surface area (Å²) in [6.45, 7) is -2.72. The van der Waals surface area contributed by atoms with Gasteiger partial charge in [-0.25, -0.2) is 17.2 Å². The van der Waals surface area contributed by atoms with Gasteiger partial charge in [0.25, 0.3) is 0 Å². The first kappa shape index (κ1) is 66.8. The Kier molecular flexibility index (Phi) is 47.0. The van der Waals surface area contributed by atoms with E-state index in [1.165, 1.54) is 45.6 Å². The van der Waals surface area contributed by atoms with Crippen molar-refractivity contribution in [2.45, 2.75) is 145 Å². The van der Waals surface area contributed by atoms with Crippen LogP contribution in [0, 0.1) is 0 Å². The molecule has 22 heteroatoms. The predicted octanol–water partition coefficient (Wildman–Crippen LogP) is 10.2. The highest BCUT2D eigenvalue weighted by Gasteiger charge is 2.26. The zero-order chi connectivity index (χ0) is 39.3. The lowest BCUT2D eigenvalue weighted by molar-refractivity contribution is -0.237. The summed E-state index contributed by atoms with van der Waals surface area (Å²) in [5, 5.41) is 0. The number of esters is 2. The van der Waals surface area contributed by atoms with E-state index in [4.69, 9.17) is 9.47 Å². The van der Waals surface area contributed by atoms with Crippen molar-refractivity contribution in [2.24, 2.45) is 0 Å². The molecule has 0 atom stereocenters. The Bertz CT molecular complexity index is 1080. The Morgan fingerprint density at radius 3 is 1.00 bits per heavy atom. The first-order valence-corrected chi connectivity index (χ1v) is 18.8. The van der Waals surface area contributed by atoms with Crippen molar-refractivity contribution >= 4 is 32.4 Å². The Morgan fingerprint density at radius 2 is 0.778 bits per heavy atom. The van der Waals surface area contributed by atoms with E-state index in [0.29, 0.717) is 10.7 Å². The first-order chi connectivity index (χ1) is 23.0. The van der Waals surface area contributed by atoms with Crippen LogP contribution in [0.3, 0.4) is 0 Å². The summed E-state index contributed by atoms with van der Waals surface area (Å²) in [6.07, 6.45) is 5.37. The van der Waals surface area contributed by atoms with E-state index >= 15 is 0 Å². The average Bonchev–Trinajstić information content (AvgIpc) is 2.99. The maximum Gasteiger partial charge on any atom is 0.559 e. The van der Waals surface area contributed by atoms with E-state index in [1.807, 2.05) is 0 Å². The fourth-order valence-electron chi connectivity index (χ4n) is 3.71. The Morgan fingerprint density at radius 1 is 0.537 bits per heavy atom. The highest BCUT2D eigenvalue weighted by atomic mass is 32.3. The molecular weight excluding hydrogens is 794 g/mol. The number of carbonyl (C=O) groups excluding carboxylic acids is 2. The summed E-state index contributed by atoms with van der Waals surface area (Å²) in [6, 6.07) is -1.47. The van der Waals surface area contributed by atoms with Crippen LogP contribution in [0.15, 0.2) is 0 Å². The van der Waals surface area contributed by atoms with Crippen LogP contribution in [0.2, 0.25) is 0 Å². The normalized spacial score (nSPS) is 11.3. The van der Waals surface area contributed by atoms with Crippen molar-refractivity contribution in [1.29, 1.82) is 0 Å². The number of rotatable bonds is 26. The number of likely N-dealkylation sites (N-methyl/N-ethyl adjacent to an activating group) is 2. The maximum absolute atomic E-state index is 12.6. The van der Waals surface area contributed by atoms with Crippen LogP contribution in [0.4, 0.5) is 43.4 Å². The fraction of sp³-hybridized carbons (Fsp3) is 0.938.